The molecule has 47 heavy (non-hydrogen) atoms. The molecule has 2 aromatic carbocycles. The van der Waals surface area contributed by atoms with Crippen LogP contribution in [0.3, 0.4) is 0 Å². The number of Topliss-reactive ketones (excluding diaryl/α,β-unsaturated/α-hetero) is 5. The van der Waals surface area contributed by atoms with Gasteiger partial charge in [-0.2, -0.15) is 8.42 Å². The molecule has 0 bridgehead atoms. The van der Waals surface area contributed by atoms with E-state index in [0.717, 1.165) is 0 Å². The Balaban J connectivity index is 2.38. The van der Waals surface area contributed by atoms with Crippen molar-refractivity contribution < 1.29 is 42.0 Å². The van der Waals surface area contributed by atoms with Crippen LogP contribution in [0.1, 0.15) is 56.9 Å². The van der Waals surface area contributed by atoms with Crippen molar-refractivity contribution in [1.82, 2.24) is 9.80 Å². The van der Waals surface area contributed by atoms with Gasteiger partial charge in [0.05, 0.1) is 26.2 Å². The number of carbonyl (C=O) groups excluding carboxylic acids is 5. The average Bonchev–Trinajstić information content (AvgIpc) is 2.92. The summed E-state index contributed by atoms with van der Waals surface area (Å²) in [5, 5.41) is 11.1. The molecular weight excluding hydrogens is 624 g/mol. The van der Waals surface area contributed by atoms with Gasteiger partial charge in [-0.05, 0) is 99.7 Å². The molecule has 1 aliphatic rings. The first kappa shape index (κ1) is 37.1. The Morgan fingerprint density at radius 2 is 1.28 bits per heavy atom. The summed E-state index contributed by atoms with van der Waals surface area (Å²) in [6, 6.07) is 9.05. The fourth-order valence-electron chi connectivity index (χ4n) is 5.68. The molecule has 250 valence electrons. The van der Waals surface area contributed by atoms with Crippen LogP contribution in [-0.2, 0) is 40.6 Å². The number of hydrogen-bond donors (Lipinski definition) is 2. The van der Waals surface area contributed by atoms with E-state index in [2.05, 4.69) is 0 Å². The van der Waals surface area contributed by atoms with E-state index in [1.807, 2.05) is 0 Å². The fourth-order valence-corrected chi connectivity index (χ4v) is 6.38. The topological polar surface area (TPSA) is 166 Å². The Kier molecular flexibility index (Phi) is 12.2. The Labute approximate surface area is 275 Å². The van der Waals surface area contributed by atoms with E-state index in [1.165, 1.54) is 45.9 Å². The Morgan fingerprint density at radius 1 is 0.766 bits per heavy atom. The first-order valence-electron chi connectivity index (χ1n) is 14.9. The first-order chi connectivity index (χ1) is 21.9. The summed E-state index contributed by atoms with van der Waals surface area (Å²) in [5.41, 5.74) is 2.59. The largest absolute Gasteiger partial charge is 0.507 e. The summed E-state index contributed by atoms with van der Waals surface area (Å²) < 4.78 is 35.4. The second-order valence-corrected chi connectivity index (χ2v) is 13.4. The molecule has 0 aliphatic heterocycles. The highest BCUT2D eigenvalue weighted by molar-refractivity contribution is 7.86. The van der Waals surface area contributed by atoms with Gasteiger partial charge in [0.15, 0.2) is 5.78 Å². The van der Waals surface area contributed by atoms with Gasteiger partial charge in [-0.15, -0.1) is 0 Å². The van der Waals surface area contributed by atoms with Crippen molar-refractivity contribution >= 4 is 44.6 Å². The Hall–Kier alpha value is -4.36. The number of nitrogens with zero attached hydrogens (tertiary/aromatic N) is 2. The number of ketones is 5. The standard InChI is InChI=1S/C35H40N2O9S/c1-21-11-27(13-29(34(21)42)19-36(15-23(3)38)16-24(4)39)33(31-9-7-8-10-32(31)47(44,45)46)28-12-22(2)35(43)30(14-28)20-37(17-25(5)40)18-26(6)41/h7-14,42H,15-20H2,1-6H3,(H,44,45,46)/b33-28+. The number of allylic oxidation sites excluding steroid dienone is 4. The molecule has 0 saturated carbocycles. The van der Waals surface area contributed by atoms with Crippen molar-refractivity contribution in [2.24, 2.45) is 0 Å². The molecule has 0 fully saturated rings. The van der Waals surface area contributed by atoms with Gasteiger partial charge in [-0.3, -0.25) is 38.3 Å². The monoisotopic (exact) mass is 664 g/mol. The maximum absolute atomic E-state index is 13.4. The number of hydrogen-bond acceptors (Lipinski definition) is 10. The smallest absolute Gasteiger partial charge is 0.295 e. The minimum Gasteiger partial charge on any atom is -0.507 e. The third-order valence-corrected chi connectivity index (χ3v) is 8.23. The van der Waals surface area contributed by atoms with Gasteiger partial charge in [0.1, 0.15) is 33.8 Å². The average molecular weight is 665 g/mol. The Bertz CT molecular complexity index is 1800. The number of carbonyl (C=O) groups is 5. The van der Waals surface area contributed by atoms with Gasteiger partial charge in [0, 0.05) is 29.8 Å². The molecule has 0 amide bonds. The van der Waals surface area contributed by atoms with Gasteiger partial charge in [0.2, 0.25) is 0 Å². The summed E-state index contributed by atoms with van der Waals surface area (Å²) in [6.45, 7) is 8.53. The van der Waals surface area contributed by atoms with E-state index in [4.69, 9.17) is 0 Å². The predicted octanol–water partition coefficient (Wildman–Crippen LogP) is 3.66. The molecule has 0 saturated heterocycles. The van der Waals surface area contributed by atoms with E-state index < -0.39 is 15.0 Å². The summed E-state index contributed by atoms with van der Waals surface area (Å²) in [6.07, 6.45) is 3.15. The van der Waals surface area contributed by atoms with Gasteiger partial charge in [-0.25, -0.2) is 0 Å². The Morgan fingerprint density at radius 3 is 1.79 bits per heavy atom. The van der Waals surface area contributed by atoms with Crippen molar-refractivity contribution in [3.8, 4) is 5.75 Å². The summed E-state index contributed by atoms with van der Waals surface area (Å²) >= 11 is 0. The molecule has 2 aromatic rings. The predicted molar refractivity (Wildman–Crippen MR) is 176 cm³/mol. The molecule has 3 rings (SSSR count). The SMILES string of the molecule is CC(=O)CN(CC(C)=O)CC1=C/C(=C(\c2cc(C)c(O)c(CN(CC(C)=O)CC(C)=O)c2)c2ccccc2S(=O)(=O)O)C=C(C)C1=O. The minimum absolute atomic E-state index is 0.0156. The molecular formula is C35H40N2O9S. The van der Waals surface area contributed by atoms with Crippen LogP contribution in [0.5, 0.6) is 5.75 Å². The van der Waals surface area contributed by atoms with Crippen LogP contribution in [0.25, 0.3) is 5.57 Å². The maximum Gasteiger partial charge on any atom is 0.295 e. The van der Waals surface area contributed by atoms with Gasteiger partial charge in [0.25, 0.3) is 10.1 Å². The van der Waals surface area contributed by atoms with Crippen molar-refractivity contribution in [3.63, 3.8) is 0 Å². The van der Waals surface area contributed by atoms with Crippen molar-refractivity contribution in [3.05, 3.63) is 87.5 Å². The van der Waals surface area contributed by atoms with Crippen LogP contribution >= 0.6 is 0 Å². The third-order valence-electron chi connectivity index (χ3n) is 7.32. The van der Waals surface area contributed by atoms with Crippen LogP contribution in [-0.4, -0.2) is 89.5 Å². The lowest BCUT2D eigenvalue weighted by atomic mass is 9.85. The zero-order chi connectivity index (χ0) is 35.2. The van der Waals surface area contributed by atoms with E-state index in [1.54, 1.807) is 54.0 Å². The van der Waals surface area contributed by atoms with Crippen LogP contribution in [0.4, 0.5) is 0 Å². The van der Waals surface area contributed by atoms with E-state index >= 15 is 0 Å². The second kappa shape index (κ2) is 15.5. The maximum atomic E-state index is 13.4. The van der Waals surface area contributed by atoms with E-state index in [9.17, 15) is 42.0 Å². The molecule has 12 heteroatoms. The lowest BCUT2D eigenvalue weighted by molar-refractivity contribution is -0.122. The zero-order valence-corrected chi connectivity index (χ0v) is 28.2. The second-order valence-electron chi connectivity index (χ2n) is 12.0. The third kappa shape index (κ3) is 10.1. The van der Waals surface area contributed by atoms with Crippen molar-refractivity contribution in [2.45, 2.75) is 53.0 Å². The van der Waals surface area contributed by atoms with Crippen molar-refractivity contribution in [1.29, 1.82) is 0 Å². The molecule has 1 aliphatic carbocycles. The van der Waals surface area contributed by atoms with E-state index in [0.29, 0.717) is 33.4 Å². The number of benzene rings is 2. The number of rotatable bonds is 15. The molecule has 0 spiro atoms. The number of aryl methyl sites for hydroxylation is 1. The van der Waals surface area contributed by atoms with Crippen molar-refractivity contribution in [2.75, 3.05) is 32.7 Å². The van der Waals surface area contributed by atoms with Crippen LogP contribution in [0.2, 0.25) is 0 Å². The molecule has 0 unspecified atom stereocenters. The zero-order valence-electron chi connectivity index (χ0n) is 27.4. The number of phenols is 1. The van der Waals surface area contributed by atoms with Crippen LogP contribution in [0, 0.1) is 6.92 Å². The number of phenolic OH excluding ortho intramolecular Hbond substituents is 1. The molecule has 0 atom stereocenters. The highest BCUT2D eigenvalue weighted by Gasteiger charge is 2.27. The van der Waals surface area contributed by atoms with Gasteiger partial charge < -0.3 is 5.11 Å². The first-order valence-corrected chi connectivity index (χ1v) is 16.3. The summed E-state index contributed by atoms with van der Waals surface area (Å²) in [7, 11) is -4.74. The van der Waals surface area contributed by atoms with Gasteiger partial charge in [-0.1, -0.05) is 18.2 Å². The lowest BCUT2D eigenvalue weighted by Gasteiger charge is -2.25. The molecule has 11 nitrogen and oxygen atoms in total. The fraction of sp³-hybridized carbons (Fsp3) is 0.343. The lowest BCUT2D eigenvalue weighted by Crippen LogP contribution is -2.36. The van der Waals surface area contributed by atoms with Crippen LogP contribution in [0.15, 0.2) is 70.2 Å². The quantitative estimate of drug-likeness (QED) is 0.267. The minimum atomic E-state index is -4.74. The van der Waals surface area contributed by atoms with E-state index in [-0.39, 0.29) is 85.1 Å². The van der Waals surface area contributed by atoms with Crippen LogP contribution < -0.4 is 0 Å². The molecule has 0 heterocycles. The molecule has 2 N–H and O–H groups in total. The summed E-state index contributed by atoms with van der Waals surface area (Å²) in [5.74, 6) is -1.16. The highest BCUT2D eigenvalue weighted by atomic mass is 32.2. The van der Waals surface area contributed by atoms with Gasteiger partial charge >= 0.3 is 0 Å². The highest BCUT2D eigenvalue weighted by Crippen LogP contribution is 2.38. The molecule has 0 radical (unpaired) electrons. The normalized spacial score (nSPS) is 14.6. The summed E-state index contributed by atoms with van der Waals surface area (Å²) in [4.78, 5) is 64.0. The number of aromatic hydroxyl groups is 1. The molecule has 0 aromatic heterocycles.